The van der Waals surface area contributed by atoms with E-state index in [1.54, 1.807) is 10.5 Å². The zero-order valence-electron chi connectivity index (χ0n) is 32.0. The van der Waals surface area contributed by atoms with Gasteiger partial charge in [0.25, 0.3) is 0 Å². The number of nitrogens with zero attached hydrogens (tertiary/aromatic N) is 4. The van der Waals surface area contributed by atoms with Crippen molar-refractivity contribution in [2.45, 2.75) is 97.5 Å². The van der Waals surface area contributed by atoms with Crippen LogP contribution >= 0.6 is 32.7 Å². The van der Waals surface area contributed by atoms with Crippen molar-refractivity contribution in [1.29, 1.82) is 0 Å². The standard InChI is InChI=1S/C49H48N4S3/c1-3-17-34(18-4-1)42-46(53-29-13-2-14-30-53)44(39-25-11-12-27-50-39)43(38-24-15-20-33-16-5-9-23-37(33)38)45-47(42)56(36-21-7-8-22-36,49-51-28-31-54-49)48(52-45)41-32-35-19-6-10-26-40(35)55-41/h5-6,9-12,15-16,19-20,23-28,31-32,34,36H,1-4,7-8,13-14,17-18,21-22,29-30H2. The second-order valence-electron chi connectivity index (χ2n) is 16.2. The molecule has 1 unspecified atom stereocenters. The van der Waals surface area contributed by atoms with Gasteiger partial charge < -0.3 is 4.90 Å². The average Bonchev–Trinajstić information content (AvgIpc) is 4.11. The predicted molar refractivity (Wildman–Crippen MR) is 241 cm³/mol. The number of piperidine rings is 1. The van der Waals surface area contributed by atoms with Crippen molar-refractivity contribution in [2.75, 3.05) is 18.0 Å². The fourth-order valence-corrected chi connectivity index (χ4v) is 18.6. The summed E-state index contributed by atoms with van der Waals surface area (Å²) in [5.74, 6) is 0.476. The zero-order chi connectivity index (χ0) is 37.1. The number of aromatic nitrogens is 2. The van der Waals surface area contributed by atoms with Crippen LogP contribution in [0, 0.1) is 0 Å². The molecule has 0 bridgehead atoms. The number of fused-ring (bicyclic) bond motifs is 3. The molecular weight excluding hydrogens is 741 g/mol. The summed E-state index contributed by atoms with van der Waals surface area (Å²) in [6, 6.07) is 33.9. The second kappa shape index (κ2) is 14.6. The van der Waals surface area contributed by atoms with E-state index in [1.165, 1.54) is 140 Å². The highest BCUT2D eigenvalue weighted by atomic mass is 32.3. The van der Waals surface area contributed by atoms with Gasteiger partial charge in [0, 0.05) is 56.8 Å². The van der Waals surface area contributed by atoms with E-state index in [2.05, 4.69) is 107 Å². The minimum absolute atomic E-state index is 0.476. The van der Waals surface area contributed by atoms with Gasteiger partial charge in [0.15, 0.2) is 0 Å². The normalized spacial score (nSPS) is 21.7. The molecule has 4 aliphatic rings. The molecule has 2 aliphatic heterocycles. The van der Waals surface area contributed by atoms with Crippen molar-refractivity contribution in [3.05, 3.63) is 119 Å². The third-order valence-electron chi connectivity index (χ3n) is 13.1. The van der Waals surface area contributed by atoms with Crippen LogP contribution in [-0.2, 0) is 0 Å². The highest BCUT2D eigenvalue weighted by Gasteiger charge is 2.53. The fraction of sp³-hybridized carbons (Fsp3) is 0.327. The number of hydrogen-bond acceptors (Lipinski definition) is 6. The summed E-state index contributed by atoms with van der Waals surface area (Å²) >= 11 is 3.85. The maximum Gasteiger partial charge on any atom is 0.142 e. The molecule has 7 aromatic rings. The Morgan fingerprint density at radius 3 is 2.20 bits per heavy atom. The molecule has 0 N–H and O–H groups in total. The maximum atomic E-state index is 6.27. The average molecular weight is 789 g/mol. The van der Waals surface area contributed by atoms with Gasteiger partial charge in [0.2, 0.25) is 0 Å². The summed E-state index contributed by atoms with van der Waals surface area (Å²) < 4.78 is 2.65. The highest BCUT2D eigenvalue weighted by Crippen LogP contribution is 2.80. The van der Waals surface area contributed by atoms with Gasteiger partial charge in [0.1, 0.15) is 9.38 Å². The Kier molecular flexibility index (Phi) is 9.08. The van der Waals surface area contributed by atoms with E-state index < -0.39 is 10.0 Å². The first kappa shape index (κ1) is 34.9. The molecule has 0 spiro atoms. The van der Waals surface area contributed by atoms with E-state index in [0.717, 1.165) is 18.8 Å². The van der Waals surface area contributed by atoms with Gasteiger partial charge >= 0.3 is 0 Å². The molecule has 0 radical (unpaired) electrons. The number of anilines is 1. The first-order chi connectivity index (χ1) is 27.8. The lowest BCUT2D eigenvalue weighted by Crippen LogP contribution is -2.32. The second-order valence-corrected chi connectivity index (χ2v) is 21.6. The fourth-order valence-electron chi connectivity index (χ4n) is 10.7. The first-order valence-electron chi connectivity index (χ1n) is 21.0. The van der Waals surface area contributed by atoms with Crippen molar-refractivity contribution in [3.8, 4) is 22.4 Å². The lowest BCUT2D eigenvalue weighted by Gasteiger charge is -2.45. The molecule has 3 aromatic heterocycles. The summed E-state index contributed by atoms with van der Waals surface area (Å²) in [4.78, 5) is 22.7. The van der Waals surface area contributed by atoms with Crippen LogP contribution in [0.5, 0.6) is 0 Å². The van der Waals surface area contributed by atoms with Crippen LogP contribution in [-0.4, -0.2) is 33.4 Å². The third kappa shape index (κ3) is 5.55. The number of benzene rings is 4. The third-order valence-corrected chi connectivity index (χ3v) is 20.1. The quantitative estimate of drug-likeness (QED) is 0.162. The van der Waals surface area contributed by atoms with Gasteiger partial charge in [0.05, 0.1) is 21.9 Å². The van der Waals surface area contributed by atoms with Crippen LogP contribution < -0.4 is 4.90 Å². The smallest absolute Gasteiger partial charge is 0.142 e. The number of aliphatic imine (C=N–C) groups is 1. The van der Waals surface area contributed by atoms with Crippen LogP contribution in [0.1, 0.15) is 93.4 Å². The number of thiophene rings is 1. The van der Waals surface area contributed by atoms with Gasteiger partial charge in [-0.2, -0.15) is 0 Å². The number of pyridine rings is 1. The Morgan fingerprint density at radius 2 is 1.41 bits per heavy atom. The Bertz CT molecular complexity index is 2540. The van der Waals surface area contributed by atoms with Gasteiger partial charge in [-0.1, -0.05) is 98.8 Å². The van der Waals surface area contributed by atoms with E-state index in [-0.39, 0.29) is 0 Å². The first-order valence-corrected chi connectivity index (χ1v) is 24.4. The van der Waals surface area contributed by atoms with Crippen LogP contribution in [0.2, 0.25) is 0 Å². The summed E-state index contributed by atoms with van der Waals surface area (Å²) in [6.45, 7) is 2.17. The Labute approximate surface area is 340 Å². The number of rotatable bonds is 7. The Morgan fingerprint density at radius 1 is 0.661 bits per heavy atom. The molecule has 282 valence electrons. The molecule has 0 amide bonds. The number of thiazole rings is 1. The molecule has 11 rings (SSSR count). The molecule has 5 heterocycles. The molecule has 1 atom stereocenters. The summed E-state index contributed by atoms with van der Waals surface area (Å²) in [5, 5.41) is 7.93. The largest absolute Gasteiger partial charge is 0.371 e. The molecule has 4 nitrogen and oxygen atoms in total. The van der Waals surface area contributed by atoms with Crippen LogP contribution in [0.4, 0.5) is 11.4 Å². The zero-order valence-corrected chi connectivity index (χ0v) is 34.4. The van der Waals surface area contributed by atoms with Crippen LogP contribution in [0.25, 0.3) is 43.2 Å². The van der Waals surface area contributed by atoms with Gasteiger partial charge in [-0.15, -0.1) is 32.7 Å². The van der Waals surface area contributed by atoms with Gasteiger partial charge in [-0.25, -0.2) is 9.98 Å². The van der Waals surface area contributed by atoms with E-state index >= 15 is 0 Å². The summed E-state index contributed by atoms with van der Waals surface area (Å²) in [6.07, 6.45) is 19.2. The lowest BCUT2D eigenvalue weighted by atomic mass is 9.79. The van der Waals surface area contributed by atoms with Crippen molar-refractivity contribution >= 4 is 70.0 Å². The van der Waals surface area contributed by atoms with Crippen LogP contribution in [0.15, 0.2) is 123 Å². The lowest BCUT2D eigenvalue weighted by molar-refractivity contribution is 0.438. The van der Waals surface area contributed by atoms with Gasteiger partial charge in [-0.05, 0) is 102 Å². The van der Waals surface area contributed by atoms with Gasteiger partial charge in [-0.3, -0.25) is 4.98 Å². The molecule has 4 aromatic carbocycles. The molecule has 56 heavy (non-hydrogen) atoms. The van der Waals surface area contributed by atoms with Crippen molar-refractivity contribution in [2.24, 2.45) is 4.99 Å². The van der Waals surface area contributed by atoms with E-state index in [0.29, 0.717) is 11.2 Å². The summed E-state index contributed by atoms with van der Waals surface area (Å²) in [7, 11) is -1.88. The SMILES string of the molecule is c1ccc(-c2c(-c3cccc4ccccc34)c3c(c(C4CCCCC4)c2N2CCCCC2)S(c2nccs2)(C2CCCC2)C(c2cc4ccccc4s2)=N3)nc1. The van der Waals surface area contributed by atoms with Crippen LogP contribution in [0.3, 0.4) is 0 Å². The number of hydrogen-bond donors (Lipinski definition) is 0. The molecule has 1 saturated heterocycles. The minimum atomic E-state index is -1.88. The van der Waals surface area contributed by atoms with Crippen molar-refractivity contribution < 1.29 is 0 Å². The predicted octanol–water partition coefficient (Wildman–Crippen LogP) is 14.5. The van der Waals surface area contributed by atoms with E-state index in [9.17, 15) is 0 Å². The highest BCUT2D eigenvalue weighted by molar-refractivity contribution is 8.47. The monoisotopic (exact) mass is 788 g/mol. The van der Waals surface area contributed by atoms with E-state index in [4.69, 9.17) is 15.0 Å². The molecular formula is C49H48N4S3. The van der Waals surface area contributed by atoms with Crippen molar-refractivity contribution in [3.63, 3.8) is 0 Å². The molecule has 3 fully saturated rings. The topological polar surface area (TPSA) is 41.4 Å². The molecule has 2 aliphatic carbocycles. The molecule has 7 heteroatoms. The minimum Gasteiger partial charge on any atom is -0.371 e. The Hall–Kier alpha value is -4.30. The summed E-state index contributed by atoms with van der Waals surface area (Å²) in [5.41, 5.74) is 9.21. The maximum absolute atomic E-state index is 6.27. The van der Waals surface area contributed by atoms with E-state index in [1.807, 2.05) is 28.9 Å². The van der Waals surface area contributed by atoms with Crippen molar-refractivity contribution in [1.82, 2.24) is 9.97 Å². The Balaban J connectivity index is 1.37. The molecule has 2 saturated carbocycles.